The molecule has 2 fully saturated rings. The Morgan fingerprint density at radius 2 is 1.89 bits per heavy atom. The first-order valence-corrected chi connectivity index (χ1v) is 7.58. The quantitative estimate of drug-likeness (QED) is 0.706. The van der Waals surface area contributed by atoms with E-state index in [4.69, 9.17) is 0 Å². The SMILES string of the molecule is CC(C)C(C)N(C)CC(NC1CC1)(C(=O)O)C1CC1. The van der Waals surface area contributed by atoms with Gasteiger partial charge in [0.25, 0.3) is 0 Å². The molecule has 0 heterocycles. The molecule has 2 aliphatic rings. The number of nitrogens with one attached hydrogen (secondary N) is 1. The van der Waals surface area contributed by atoms with Gasteiger partial charge in [-0.2, -0.15) is 0 Å². The fraction of sp³-hybridized carbons (Fsp3) is 0.933. The highest BCUT2D eigenvalue weighted by Crippen LogP contribution is 2.42. The Balaban J connectivity index is 2.09. The van der Waals surface area contributed by atoms with Gasteiger partial charge in [0.05, 0.1) is 0 Å². The van der Waals surface area contributed by atoms with Crippen LogP contribution in [0.15, 0.2) is 0 Å². The van der Waals surface area contributed by atoms with Gasteiger partial charge in [-0.15, -0.1) is 0 Å². The van der Waals surface area contributed by atoms with Crippen molar-refractivity contribution in [3.8, 4) is 0 Å². The molecule has 19 heavy (non-hydrogen) atoms. The normalized spacial score (nSPS) is 24.5. The molecule has 2 aliphatic carbocycles. The van der Waals surface area contributed by atoms with Crippen molar-refractivity contribution in [1.82, 2.24) is 10.2 Å². The van der Waals surface area contributed by atoms with E-state index in [0.29, 0.717) is 30.5 Å². The lowest BCUT2D eigenvalue weighted by Gasteiger charge is -2.38. The van der Waals surface area contributed by atoms with Gasteiger partial charge in [0.15, 0.2) is 0 Å². The fourth-order valence-corrected chi connectivity index (χ4v) is 2.81. The molecule has 2 atom stereocenters. The molecule has 0 aliphatic heterocycles. The molecular formula is C15H28N2O2. The molecule has 0 radical (unpaired) electrons. The lowest BCUT2D eigenvalue weighted by molar-refractivity contribution is -0.147. The number of rotatable bonds is 8. The van der Waals surface area contributed by atoms with Crippen molar-refractivity contribution >= 4 is 5.97 Å². The summed E-state index contributed by atoms with van der Waals surface area (Å²) in [7, 11) is 2.05. The highest BCUT2D eigenvalue weighted by atomic mass is 16.4. The molecule has 0 aromatic carbocycles. The van der Waals surface area contributed by atoms with Crippen LogP contribution in [0.3, 0.4) is 0 Å². The Labute approximate surface area is 116 Å². The van der Waals surface area contributed by atoms with Gasteiger partial charge in [0, 0.05) is 18.6 Å². The highest BCUT2D eigenvalue weighted by molar-refractivity contribution is 5.80. The van der Waals surface area contributed by atoms with Crippen molar-refractivity contribution in [2.24, 2.45) is 11.8 Å². The Morgan fingerprint density at radius 1 is 1.32 bits per heavy atom. The summed E-state index contributed by atoms with van der Waals surface area (Å²) in [6.07, 6.45) is 4.36. The van der Waals surface area contributed by atoms with Gasteiger partial charge >= 0.3 is 5.97 Å². The van der Waals surface area contributed by atoms with Crippen molar-refractivity contribution < 1.29 is 9.90 Å². The first-order valence-electron chi connectivity index (χ1n) is 7.58. The third kappa shape index (κ3) is 3.29. The first-order chi connectivity index (χ1) is 8.86. The molecule has 110 valence electrons. The summed E-state index contributed by atoms with van der Waals surface area (Å²) >= 11 is 0. The fourth-order valence-electron chi connectivity index (χ4n) is 2.81. The second kappa shape index (κ2) is 5.41. The third-order valence-electron chi connectivity index (χ3n) is 4.85. The number of hydrogen-bond donors (Lipinski definition) is 2. The van der Waals surface area contributed by atoms with Crippen LogP contribution in [0.25, 0.3) is 0 Å². The summed E-state index contributed by atoms with van der Waals surface area (Å²) < 4.78 is 0. The molecule has 2 saturated carbocycles. The average Bonchev–Trinajstić information content (AvgIpc) is 3.17. The number of carbonyl (C=O) groups is 1. The molecule has 2 rings (SSSR count). The molecule has 0 saturated heterocycles. The van der Waals surface area contributed by atoms with Gasteiger partial charge in [-0.25, -0.2) is 0 Å². The van der Waals surface area contributed by atoms with Crippen LogP contribution in [0, 0.1) is 11.8 Å². The third-order valence-corrected chi connectivity index (χ3v) is 4.85. The molecule has 2 N–H and O–H groups in total. The maximum Gasteiger partial charge on any atom is 0.325 e. The van der Waals surface area contributed by atoms with Crippen LogP contribution in [0.2, 0.25) is 0 Å². The Morgan fingerprint density at radius 3 is 2.26 bits per heavy atom. The minimum absolute atomic E-state index is 0.312. The minimum atomic E-state index is -0.723. The van der Waals surface area contributed by atoms with Crippen molar-refractivity contribution in [3.05, 3.63) is 0 Å². The maximum atomic E-state index is 11.9. The standard InChI is InChI=1S/C15H28N2O2/c1-10(2)11(3)17(4)9-15(14(18)19,12-5-6-12)16-13-7-8-13/h10-13,16H,5-9H2,1-4H3,(H,18,19). The van der Waals surface area contributed by atoms with Crippen LogP contribution in [-0.2, 0) is 4.79 Å². The second-order valence-electron chi connectivity index (χ2n) is 6.87. The van der Waals surface area contributed by atoms with E-state index in [2.05, 4.69) is 38.0 Å². The predicted octanol–water partition coefficient (Wildman–Crippen LogP) is 1.95. The number of carboxylic acid groups (broad SMARTS) is 1. The number of hydrogen-bond acceptors (Lipinski definition) is 3. The van der Waals surface area contributed by atoms with E-state index in [1.165, 1.54) is 0 Å². The molecule has 4 heteroatoms. The van der Waals surface area contributed by atoms with Crippen LogP contribution in [-0.4, -0.2) is 47.2 Å². The summed E-state index contributed by atoms with van der Waals surface area (Å²) in [5.41, 5.74) is -0.723. The largest absolute Gasteiger partial charge is 0.480 e. The van der Waals surface area contributed by atoms with Crippen molar-refractivity contribution in [2.45, 2.75) is 64.1 Å². The van der Waals surface area contributed by atoms with Gasteiger partial charge in [0.2, 0.25) is 0 Å². The Bertz CT molecular complexity index is 337. The van der Waals surface area contributed by atoms with Crippen molar-refractivity contribution in [3.63, 3.8) is 0 Å². The van der Waals surface area contributed by atoms with E-state index in [1.807, 2.05) is 0 Å². The predicted molar refractivity (Wildman–Crippen MR) is 76.2 cm³/mol. The Hall–Kier alpha value is -0.610. The summed E-state index contributed by atoms with van der Waals surface area (Å²) in [6, 6.07) is 0.831. The molecule has 0 aromatic rings. The average molecular weight is 268 g/mol. The van der Waals surface area contributed by atoms with E-state index in [-0.39, 0.29) is 0 Å². The van der Waals surface area contributed by atoms with E-state index >= 15 is 0 Å². The number of carboxylic acids is 1. The van der Waals surface area contributed by atoms with E-state index in [1.54, 1.807) is 0 Å². The molecule has 2 unspecified atom stereocenters. The second-order valence-corrected chi connectivity index (χ2v) is 6.87. The van der Waals surface area contributed by atoms with Crippen LogP contribution in [0.1, 0.15) is 46.5 Å². The highest BCUT2D eigenvalue weighted by Gasteiger charge is 2.53. The van der Waals surface area contributed by atoms with E-state index < -0.39 is 11.5 Å². The van der Waals surface area contributed by atoms with Crippen LogP contribution >= 0.6 is 0 Å². The van der Waals surface area contributed by atoms with Gasteiger partial charge in [0.1, 0.15) is 5.54 Å². The number of aliphatic carboxylic acids is 1. The number of likely N-dealkylation sites (N-methyl/N-ethyl adjacent to an activating group) is 1. The van der Waals surface area contributed by atoms with Crippen LogP contribution in [0.4, 0.5) is 0 Å². The zero-order valence-corrected chi connectivity index (χ0v) is 12.6. The minimum Gasteiger partial charge on any atom is -0.480 e. The zero-order valence-electron chi connectivity index (χ0n) is 12.6. The molecule has 0 spiro atoms. The van der Waals surface area contributed by atoms with Crippen molar-refractivity contribution in [2.75, 3.05) is 13.6 Å². The van der Waals surface area contributed by atoms with Gasteiger partial charge < -0.3 is 10.0 Å². The molecular weight excluding hydrogens is 240 g/mol. The van der Waals surface area contributed by atoms with E-state index in [9.17, 15) is 9.90 Å². The summed E-state index contributed by atoms with van der Waals surface area (Å²) in [6.45, 7) is 7.17. The Kier molecular flexibility index (Phi) is 4.21. The van der Waals surface area contributed by atoms with Crippen LogP contribution < -0.4 is 5.32 Å². The molecule has 4 nitrogen and oxygen atoms in total. The lowest BCUT2D eigenvalue weighted by atomic mass is 9.90. The summed E-state index contributed by atoms with van der Waals surface area (Å²) in [5, 5.41) is 13.2. The topological polar surface area (TPSA) is 52.6 Å². The number of nitrogens with zero attached hydrogens (tertiary/aromatic N) is 1. The smallest absolute Gasteiger partial charge is 0.325 e. The van der Waals surface area contributed by atoms with E-state index in [0.717, 1.165) is 25.7 Å². The summed E-state index contributed by atoms with van der Waals surface area (Å²) in [4.78, 5) is 14.1. The lowest BCUT2D eigenvalue weighted by Crippen LogP contribution is -2.62. The maximum absolute atomic E-state index is 11.9. The van der Waals surface area contributed by atoms with Gasteiger partial charge in [-0.05, 0) is 51.5 Å². The molecule has 0 aromatic heterocycles. The monoisotopic (exact) mass is 268 g/mol. The molecule has 0 bridgehead atoms. The van der Waals surface area contributed by atoms with Crippen LogP contribution in [0.5, 0.6) is 0 Å². The molecule has 0 amide bonds. The van der Waals surface area contributed by atoms with Gasteiger partial charge in [-0.1, -0.05) is 13.8 Å². The first kappa shape index (κ1) is 14.8. The van der Waals surface area contributed by atoms with Gasteiger partial charge in [-0.3, -0.25) is 10.1 Å². The zero-order chi connectivity index (χ0) is 14.2. The van der Waals surface area contributed by atoms with Crippen molar-refractivity contribution in [1.29, 1.82) is 0 Å². The summed E-state index contributed by atoms with van der Waals surface area (Å²) in [5.74, 6) is 0.189.